The molecule has 2 aromatic rings. The molecule has 0 heterocycles. The lowest BCUT2D eigenvalue weighted by molar-refractivity contribution is -0.136. The second-order valence-corrected chi connectivity index (χ2v) is 8.72. The average Bonchev–Trinajstić information content (AvgIpc) is 2.75. The molecule has 1 N–H and O–H groups in total. The van der Waals surface area contributed by atoms with Gasteiger partial charge in [-0.25, -0.2) is 4.79 Å². The highest BCUT2D eigenvalue weighted by Gasteiger charge is 2.20. The van der Waals surface area contributed by atoms with Gasteiger partial charge in [0.25, 0.3) is 5.91 Å². The Morgan fingerprint density at radius 2 is 1.79 bits per heavy atom. The van der Waals surface area contributed by atoms with Crippen LogP contribution in [0.3, 0.4) is 0 Å². The summed E-state index contributed by atoms with van der Waals surface area (Å²) in [5.41, 5.74) is 1.36. The first-order valence-corrected chi connectivity index (χ1v) is 10.6. The first-order valence-electron chi connectivity index (χ1n) is 10.6. The molecular weight excluding hydrogens is 420 g/mol. The standard InChI is InChI=1S/C26H30N2O5/c1-17(2)28-25(30)19(15-27)13-18-11-12-22(23(14-18)31-6)33-24(29)16-32-21-10-8-7-9-20(21)26(3,4)5/h7-14,17H,16H2,1-6H3,(H,28,30)/b19-13+. The van der Waals surface area contributed by atoms with Gasteiger partial charge in [-0.2, -0.15) is 5.26 Å². The van der Waals surface area contributed by atoms with Crippen molar-refractivity contribution < 1.29 is 23.8 Å². The molecule has 0 saturated carbocycles. The van der Waals surface area contributed by atoms with Crippen molar-refractivity contribution in [3.63, 3.8) is 0 Å². The molecular formula is C26H30N2O5. The smallest absolute Gasteiger partial charge is 0.349 e. The lowest BCUT2D eigenvalue weighted by Gasteiger charge is -2.22. The Labute approximate surface area is 195 Å². The molecule has 0 aliphatic heterocycles. The van der Waals surface area contributed by atoms with Crippen LogP contribution in [0.4, 0.5) is 0 Å². The topological polar surface area (TPSA) is 97.6 Å². The molecule has 2 rings (SSSR count). The maximum atomic E-state index is 12.4. The van der Waals surface area contributed by atoms with Crippen molar-refractivity contribution in [2.75, 3.05) is 13.7 Å². The van der Waals surface area contributed by atoms with E-state index in [4.69, 9.17) is 14.2 Å². The lowest BCUT2D eigenvalue weighted by atomic mass is 9.86. The molecule has 33 heavy (non-hydrogen) atoms. The number of esters is 1. The summed E-state index contributed by atoms with van der Waals surface area (Å²) in [7, 11) is 1.44. The maximum Gasteiger partial charge on any atom is 0.349 e. The third-order valence-corrected chi connectivity index (χ3v) is 4.55. The molecule has 7 nitrogen and oxygen atoms in total. The summed E-state index contributed by atoms with van der Waals surface area (Å²) in [6.45, 7) is 9.55. The van der Waals surface area contributed by atoms with Crippen molar-refractivity contribution in [3.05, 3.63) is 59.2 Å². The normalized spacial score (nSPS) is 11.5. The van der Waals surface area contributed by atoms with Crippen LogP contribution in [-0.2, 0) is 15.0 Å². The Bertz CT molecular complexity index is 1070. The van der Waals surface area contributed by atoms with Crippen molar-refractivity contribution in [2.45, 2.75) is 46.1 Å². The van der Waals surface area contributed by atoms with Gasteiger partial charge in [0.1, 0.15) is 17.4 Å². The van der Waals surface area contributed by atoms with E-state index >= 15 is 0 Å². The predicted octanol–water partition coefficient (Wildman–Crippen LogP) is 4.41. The molecule has 7 heteroatoms. The molecule has 0 bridgehead atoms. The number of hydrogen-bond donors (Lipinski definition) is 1. The highest BCUT2D eigenvalue weighted by atomic mass is 16.6. The third kappa shape index (κ3) is 7.39. The maximum absolute atomic E-state index is 12.4. The molecule has 0 fully saturated rings. The van der Waals surface area contributed by atoms with Crippen LogP contribution in [-0.4, -0.2) is 31.6 Å². The van der Waals surface area contributed by atoms with Crippen LogP contribution in [0.1, 0.15) is 45.7 Å². The fourth-order valence-electron chi connectivity index (χ4n) is 3.01. The highest BCUT2D eigenvalue weighted by Crippen LogP contribution is 2.32. The summed E-state index contributed by atoms with van der Waals surface area (Å²) < 4.78 is 16.5. The van der Waals surface area contributed by atoms with E-state index in [-0.39, 0.29) is 35.1 Å². The van der Waals surface area contributed by atoms with Crippen molar-refractivity contribution in [3.8, 4) is 23.3 Å². The summed E-state index contributed by atoms with van der Waals surface area (Å²) in [4.78, 5) is 24.5. The van der Waals surface area contributed by atoms with Gasteiger partial charge in [0, 0.05) is 6.04 Å². The number of amides is 1. The Balaban J connectivity index is 2.13. The number of rotatable bonds is 8. The Morgan fingerprint density at radius 1 is 1.09 bits per heavy atom. The van der Waals surface area contributed by atoms with Crippen molar-refractivity contribution >= 4 is 18.0 Å². The number of carbonyl (C=O) groups is 2. The summed E-state index contributed by atoms with van der Waals surface area (Å²) in [6, 6.07) is 14.1. The van der Waals surface area contributed by atoms with Gasteiger partial charge in [0.2, 0.25) is 0 Å². The van der Waals surface area contributed by atoms with E-state index < -0.39 is 11.9 Å². The predicted molar refractivity (Wildman–Crippen MR) is 126 cm³/mol. The van der Waals surface area contributed by atoms with Gasteiger partial charge in [-0.15, -0.1) is 0 Å². The molecule has 0 aromatic heterocycles. The number of nitrogens with one attached hydrogen (secondary N) is 1. The fourth-order valence-corrected chi connectivity index (χ4v) is 3.01. The molecule has 0 aliphatic carbocycles. The molecule has 0 atom stereocenters. The number of benzene rings is 2. The van der Waals surface area contributed by atoms with Gasteiger partial charge < -0.3 is 19.5 Å². The molecule has 0 saturated heterocycles. The first-order chi connectivity index (χ1) is 15.5. The van der Waals surface area contributed by atoms with E-state index in [1.165, 1.54) is 13.2 Å². The number of carbonyl (C=O) groups excluding carboxylic acids is 2. The zero-order valence-electron chi connectivity index (χ0n) is 19.9. The van der Waals surface area contributed by atoms with Gasteiger partial charge in [0.15, 0.2) is 18.1 Å². The Kier molecular flexibility index (Phi) is 8.63. The summed E-state index contributed by atoms with van der Waals surface area (Å²) >= 11 is 0. The first kappa shape index (κ1) is 25.5. The van der Waals surface area contributed by atoms with Gasteiger partial charge in [0.05, 0.1) is 7.11 Å². The highest BCUT2D eigenvalue weighted by molar-refractivity contribution is 6.01. The molecule has 2 aromatic carbocycles. The molecule has 174 valence electrons. The number of para-hydroxylation sites is 1. The Morgan fingerprint density at radius 3 is 2.39 bits per heavy atom. The minimum atomic E-state index is -0.589. The summed E-state index contributed by atoms with van der Waals surface area (Å²) in [5, 5.41) is 12.0. The van der Waals surface area contributed by atoms with Crippen LogP contribution >= 0.6 is 0 Å². The fraction of sp³-hybridized carbons (Fsp3) is 0.346. The molecule has 0 aliphatic rings. The van der Waals surface area contributed by atoms with E-state index in [0.29, 0.717) is 11.3 Å². The third-order valence-electron chi connectivity index (χ3n) is 4.55. The Hall–Kier alpha value is -3.79. The minimum absolute atomic E-state index is 0.0404. The second kappa shape index (κ2) is 11.2. The van der Waals surface area contributed by atoms with E-state index in [9.17, 15) is 14.9 Å². The van der Waals surface area contributed by atoms with Crippen LogP contribution in [0.15, 0.2) is 48.0 Å². The average molecular weight is 451 g/mol. The molecule has 0 unspecified atom stereocenters. The van der Waals surface area contributed by atoms with Crippen molar-refractivity contribution in [1.82, 2.24) is 5.32 Å². The SMILES string of the molecule is COc1cc(/C=C(\C#N)C(=O)NC(C)C)ccc1OC(=O)COc1ccccc1C(C)(C)C. The van der Waals surface area contributed by atoms with Gasteiger partial charge in [-0.3, -0.25) is 4.79 Å². The molecule has 1 amide bonds. The zero-order chi connectivity index (χ0) is 24.6. The summed E-state index contributed by atoms with van der Waals surface area (Å²) in [6.07, 6.45) is 1.44. The molecule has 0 spiro atoms. The van der Waals surface area contributed by atoms with Crippen LogP contribution in [0.25, 0.3) is 6.08 Å². The van der Waals surface area contributed by atoms with Crippen LogP contribution < -0.4 is 19.5 Å². The van der Waals surface area contributed by atoms with E-state index in [1.54, 1.807) is 18.2 Å². The number of nitriles is 1. The van der Waals surface area contributed by atoms with E-state index in [0.717, 1.165) is 5.56 Å². The van der Waals surface area contributed by atoms with Gasteiger partial charge in [-0.1, -0.05) is 45.0 Å². The number of methoxy groups -OCH3 is 1. The van der Waals surface area contributed by atoms with Crippen LogP contribution in [0.2, 0.25) is 0 Å². The minimum Gasteiger partial charge on any atom is -0.493 e. The largest absolute Gasteiger partial charge is 0.493 e. The quantitative estimate of drug-likeness (QED) is 0.277. The van der Waals surface area contributed by atoms with E-state index in [1.807, 2.05) is 44.2 Å². The number of hydrogen-bond acceptors (Lipinski definition) is 6. The lowest BCUT2D eigenvalue weighted by Crippen LogP contribution is -2.30. The van der Waals surface area contributed by atoms with Crippen molar-refractivity contribution in [2.24, 2.45) is 0 Å². The van der Waals surface area contributed by atoms with Crippen molar-refractivity contribution in [1.29, 1.82) is 5.26 Å². The van der Waals surface area contributed by atoms with E-state index in [2.05, 4.69) is 26.1 Å². The zero-order valence-corrected chi connectivity index (χ0v) is 19.9. The number of ether oxygens (including phenoxy) is 3. The van der Waals surface area contributed by atoms with Gasteiger partial charge >= 0.3 is 5.97 Å². The van der Waals surface area contributed by atoms with Gasteiger partial charge in [-0.05, 0) is 54.7 Å². The monoisotopic (exact) mass is 450 g/mol. The summed E-state index contributed by atoms with van der Waals surface area (Å²) in [5.74, 6) is 0.0633. The molecule has 0 radical (unpaired) electrons. The van der Waals surface area contributed by atoms with Crippen LogP contribution in [0, 0.1) is 11.3 Å². The van der Waals surface area contributed by atoms with Crippen LogP contribution in [0.5, 0.6) is 17.2 Å². The second-order valence-electron chi connectivity index (χ2n) is 8.72. The number of nitrogens with zero attached hydrogens (tertiary/aromatic N) is 1.